The molecule has 1 aliphatic heterocycles. The highest BCUT2D eigenvalue weighted by atomic mass is 19.1. The number of benzene rings is 1. The van der Waals surface area contributed by atoms with Gasteiger partial charge < -0.3 is 29.3 Å². The molecule has 0 saturated heterocycles. The van der Waals surface area contributed by atoms with Gasteiger partial charge in [-0.1, -0.05) is 0 Å². The maximum absolute atomic E-state index is 13.5. The molecule has 0 amide bonds. The number of carboxylic acid groups (broad SMARTS) is 1. The van der Waals surface area contributed by atoms with E-state index in [-0.39, 0.29) is 5.75 Å². The van der Waals surface area contributed by atoms with Crippen LogP contribution >= 0.6 is 0 Å². The van der Waals surface area contributed by atoms with E-state index >= 15 is 0 Å². The monoisotopic (exact) mass is 259 g/mol. The number of halogens is 1. The average Bonchev–Trinajstić information content (AvgIpc) is 2.27. The zero-order chi connectivity index (χ0) is 13.5. The first-order chi connectivity index (χ1) is 8.35. The van der Waals surface area contributed by atoms with E-state index in [1.807, 2.05) is 0 Å². The summed E-state index contributed by atoms with van der Waals surface area (Å²) in [5.74, 6) is -3.77. The maximum Gasteiger partial charge on any atom is 0.467 e. The van der Waals surface area contributed by atoms with Crippen LogP contribution < -0.4 is 14.1 Å². The van der Waals surface area contributed by atoms with Crippen LogP contribution in [0.5, 0.6) is 17.2 Å². The third kappa shape index (κ3) is 1.93. The third-order valence-corrected chi connectivity index (χ3v) is 2.33. The molecule has 0 aromatic heterocycles. The van der Waals surface area contributed by atoms with Crippen LogP contribution in [0, 0.1) is 5.82 Å². The van der Waals surface area contributed by atoms with Crippen molar-refractivity contribution >= 4 is 12.7 Å². The molecule has 7 nitrogen and oxygen atoms in total. The predicted molar refractivity (Wildman–Crippen MR) is 56.2 cm³/mol. The fourth-order valence-corrected chi connectivity index (χ4v) is 1.63. The van der Waals surface area contributed by atoms with Gasteiger partial charge in [-0.15, -0.1) is 0 Å². The third-order valence-electron chi connectivity index (χ3n) is 2.33. The van der Waals surface area contributed by atoms with E-state index < -0.39 is 42.1 Å². The van der Waals surface area contributed by atoms with Crippen molar-refractivity contribution in [3.63, 3.8) is 0 Å². The summed E-state index contributed by atoms with van der Waals surface area (Å²) in [6, 6.07) is 0.853. The summed E-state index contributed by atoms with van der Waals surface area (Å²) in [6.45, 7) is -3.95. The Morgan fingerprint density at radius 3 is 2.78 bits per heavy atom. The van der Waals surface area contributed by atoms with E-state index in [4.69, 9.17) is 14.5 Å². The maximum atomic E-state index is 13.5. The Morgan fingerprint density at radius 2 is 2.22 bits per heavy atom. The summed E-state index contributed by atoms with van der Waals surface area (Å²) in [7, 11) is 1.08. The SMILES string of the molecule is COc1c(F)cc2c(c1C(=O)O)O[B-](O)(O)CO2. The molecule has 18 heavy (non-hydrogen) atoms. The van der Waals surface area contributed by atoms with Crippen molar-refractivity contribution in [1.29, 1.82) is 0 Å². The number of hydrogen-bond acceptors (Lipinski definition) is 6. The van der Waals surface area contributed by atoms with Crippen LogP contribution in [-0.2, 0) is 0 Å². The number of rotatable bonds is 2. The molecule has 3 N–H and O–H groups in total. The summed E-state index contributed by atoms with van der Waals surface area (Å²) < 4.78 is 27.8. The zero-order valence-corrected chi connectivity index (χ0v) is 9.21. The second kappa shape index (κ2) is 4.04. The van der Waals surface area contributed by atoms with Gasteiger partial charge in [-0.3, -0.25) is 0 Å². The molecule has 0 saturated carbocycles. The van der Waals surface area contributed by atoms with Crippen LogP contribution in [-0.4, -0.2) is 41.5 Å². The second-order valence-corrected chi connectivity index (χ2v) is 3.69. The lowest BCUT2D eigenvalue weighted by molar-refractivity contribution is 0.0685. The summed E-state index contributed by atoms with van der Waals surface area (Å²) in [5, 5.41) is 27.6. The first-order valence-corrected chi connectivity index (χ1v) is 4.91. The number of hydrogen-bond donors (Lipinski definition) is 3. The van der Waals surface area contributed by atoms with Crippen molar-refractivity contribution in [3.05, 3.63) is 17.4 Å². The topological polar surface area (TPSA) is 105 Å². The molecular weight excluding hydrogens is 250 g/mol. The highest BCUT2D eigenvalue weighted by molar-refractivity contribution is 6.58. The number of carboxylic acids is 1. The van der Waals surface area contributed by atoms with Gasteiger partial charge in [0.15, 0.2) is 17.3 Å². The Morgan fingerprint density at radius 1 is 1.56 bits per heavy atom. The molecule has 9 heteroatoms. The van der Waals surface area contributed by atoms with Crippen LogP contribution in [0.2, 0.25) is 0 Å². The van der Waals surface area contributed by atoms with Gasteiger partial charge in [-0.2, -0.15) is 0 Å². The second-order valence-electron chi connectivity index (χ2n) is 3.69. The van der Waals surface area contributed by atoms with E-state index in [1.165, 1.54) is 0 Å². The van der Waals surface area contributed by atoms with Crippen molar-refractivity contribution in [2.75, 3.05) is 13.6 Å². The number of aromatic carboxylic acids is 1. The molecule has 0 fully saturated rings. The minimum atomic E-state index is -3.34. The van der Waals surface area contributed by atoms with Gasteiger partial charge in [0, 0.05) is 6.07 Å². The van der Waals surface area contributed by atoms with Crippen LogP contribution in [0.1, 0.15) is 10.4 Å². The molecule has 2 rings (SSSR count). The molecule has 0 spiro atoms. The first kappa shape index (κ1) is 12.5. The Labute approximate surface area is 100 Å². The Kier molecular flexibility index (Phi) is 2.79. The lowest BCUT2D eigenvalue weighted by Gasteiger charge is -2.37. The van der Waals surface area contributed by atoms with Crippen molar-refractivity contribution in [1.82, 2.24) is 0 Å². The van der Waals surface area contributed by atoms with Gasteiger partial charge in [0.1, 0.15) is 11.3 Å². The fourth-order valence-electron chi connectivity index (χ4n) is 1.63. The van der Waals surface area contributed by atoms with E-state index in [0.717, 1.165) is 13.2 Å². The number of ether oxygens (including phenoxy) is 2. The van der Waals surface area contributed by atoms with E-state index in [1.54, 1.807) is 0 Å². The lowest BCUT2D eigenvalue weighted by atomic mass is 9.80. The summed E-state index contributed by atoms with van der Waals surface area (Å²) in [6.07, 6.45) is 0. The smallest absolute Gasteiger partial charge is 0.467 e. The van der Waals surface area contributed by atoms with Crippen molar-refractivity contribution in [3.8, 4) is 17.2 Å². The molecule has 1 heterocycles. The normalized spacial score (nSPS) is 16.2. The molecule has 0 unspecified atom stereocenters. The van der Waals surface area contributed by atoms with Gasteiger partial charge in [0.05, 0.1) is 13.6 Å². The van der Waals surface area contributed by atoms with Crippen LogP contribution in [0.4, 0.5) is 4.39 Å². The van der Waals surface area contributed by atoms with E-state index in [9.17, 15) is 19.2 Å². The van der Waals surface area contributed by atoms with Gasteiger partial charge in [-0.05, 0) is 0 Å². The predicted octanol–water partition coefficient (Wildman–Crippen LogP) is -0.234. The molecule has 1 aromatic carbocycles. The number of carbonyl (C=O) groups is 1. The van der Waals surface area contributed by atoms with Crippen molar-refractivity contribution in [2.24, 2.45) is 0 Å². The van der Waals surface area contributed by atoms with E-state index in [2.05, 4.69) is 4.74 Å². The molecule has 0 bridgehead atoms. The Bertz CT molecular complexity index is 516. The van der Waals surface area contributed by atoms with Crippen LogP contribution in [0.3, 0.4) is 0 Å². The Hall–Kier alpha value is -2.00. The quantitative estimate of drug-likeness (QED) is 0.629. The zero-order valence-electron chi connectivity index (χ0n) is 9.21. The Balaban J connectivity index is 2.67. The molecular formula is C9H9BFO7-. The van der Waals surface area contributed by atoms with Crippen LogP contribution in [0.25, 0.3) is 0 Å². The largest absolute Gasteiger partial charge is 0.665 e. The van der Waals surface area contributed by atoms with Crippen LogP contribution in [0.15, 0.2) is 6.07 Å². The minimum Gasteiger partial charge on any atom is -0.665 e. The molecule has 0 aliphatic carbocycles. The summed E-state index contributed by atoms with van der Waals surface area (Å²) >= 11 is 0. The standard InChI is InChI=1S/C9H9BFO7/c1-16-7-4(11)2-5-8(6(7)9(12)13)18-10(14,15)3-17-5/h2,14-15H,3H2,1H3,(H,12,13)/q-1. The van der Waals surface area contributed by atoms with Gasteiger partial charge in [0.25, 0.3) is 0 Å². The highest BCUT2D eigenvalue weighted by Crippen LogP contribution is 2.42. The average molecular weight is 259 g/mol. The lowest BCUT2D eigenvalue weighted by Crippen LogP contribution is -2.51. The van der Waals surface area contributed by atoms with Crippen molar-refractivity contribution < 1.29 is 38.5 Å². The minimum absolute atomic E-state index is 0.230. The van der Waals surface area contributed by atoms with Gasteiger partial charge >= 0.3 is 12.7 Å². The molecule has 0 radical (unpaired) electrons. The summed E-state index contributed by atoms with van der Waals surface area (Å²) in [5.41, 5.74) is -0.665. The molecule has 1 aromatic rings. The molecule has 98 valence electrons. The highest BCUT2D eigenvalue weighted by Gasteiger charge is 2.35. The van der Waals surface area contributed by atoms with Crippen molar-refractivity contribution in [2.45, 2.75) is 0 Å². The summed E-state index contributed by atoms with van der Waals surface area (Å²) in [4.78, 5) is 11.1. The van der Waals surface area contributed by atoms with Gasteiger partial charge in [-0.25, -0.2) is 9.18 Å². The fraction of sp³-hybridized carbons (Fsp3) is 0.222. The number of fused-ring (bicyclic) bond motifs is 1. The van der Waals surface area contributed by atoms with Gasteiger partial charge in [0.2, 0.25) is 0 Å². The van der Waals surface area contributed by atoms with E-state index in [0.29, 0.717) is 0 Å². The number of methoxy groups -OCH3 is 1. The molecule has 1 aliphatic rings. The molecule has 0 atom stereocenters. The first-order valence-electron chi connectivity index (χ1n) is 4.91.